The summed E-state index contributed by atoms with van der Waals surface area (Å²) in [5.41, 5.74) is 2.95. The van der Waals surface area contributed by atoms with Crippen molar-refractivity contribution in [1.29, 1.82) is 0 Å². The molecule has 0 aliphatic carbocycles. The van der Waals surface area contributed by atoms with Crippen LogP contribution in [0.1, 0.15) is 30.0 Å². The van der Waals surface area contributed by atoms with Crippen LogP contribution >= 0.6 is 0 Å². The second-order valence-electron chi connectivity index (χ2n) is 8.11. The Labute approximate surface area is 204 Å². The highest BCUT2D eigenvalue weighted by molar-refractivity contribution is 6.39. The Balaban J connectivity index is 1.53. The number of amides is 4. The van der Waals surface area contributed by atoms with E-state index in [2.05, 4.69) is 5.32 Å². The van der Waals surface area contributed by atoms with Crippen LogP contribution < -0.4 is 19.7 Å². The number of para-hydroxylation sites is 1. The minimum atomic E-state index is -0.805. The number of imide groups is 2. The number of carbonyl (C=O) groups is 3. The molecule has 178 valence electrons. The number of urea groups is 1. The van der Waals surface area contributed by atoms with Crippen molar-refractivity contribution in [3.63, 3.8) is 0 Å². The van der Waals surface area contributed by atoms with E-state index in [0.29, 0.717) is 36.0 Å². The highest BCUT2D eigenvalue weighted by Gasteiger charge is 2.37. The largest absolute Gasteiger partial charge is 0.493 e. The van der Waals surface area contributed by atoms with Crippen LogP contribution in [0, 0.1) is 6.92 Å². The van der Waals surface area contributed by atoms with E-state index in [0.717, 1.165) is 16.9 Å². The summed E-state index contributed by atoms with van der Waals surface area (Å²) < 4.78 is 11.5. The number of hydrogen-bond donors (Lipinski definition) is 1. The Kier molecular flexibility index (Phi) is 7.26. The van der Waals surface area contributed by atoms with Crippen LogP contribution in [-0.2, 0) is 16.2 Å². The quantitative estimate of drug-likeness (QED) is 0.369. The first kappa shape index (κ1) is 23.8. The Bertz CT molecular complexity index is 1260. The molecule has 35 heavy (non-hydrogen) atoms. The van der Waals surface area contributed by atoms with Crippen LogP contribution in [0.15, 0.2) is 78.4 Å². The zero-order valence-corrected chi connectivity index (χ0v) is 19.6. The summed E-state index contributed by atoms with van der Waals surface area (Å²) in [7, 11) is 0. The number of nitrogens with zero attached hydrogens (tertiary/aromatic N) is 1. The minimum absolute atomic E-state index is 0.156. The molecule has 0 atom stereocenters. The third-order valence-corrected chi connectivity index (χ3v) is 5.40. The van der Waals surface area contributed by atoms with E-state index in [1.54, 1.807) is 42.5 Å². The number of barbiturate groups is 1. The van der Waals surface area contributed by atoms with E-state index >= 15 is 0 Å². The lowest BCUT2D eigenvalue weighted by molar-refractivity contribution is -0.122. The second kappa shape index (κ2) is 10.7. The second-order valence-corrected chi connectivity index (χ2v) is 8.11. The first-order valence-corrected chi connectivity index (χ1v) is 11.4. The van der Waals surface area contributed by atoms with Crippen LogP contribution in [0.3, 0.4) is 0 Å². The Morgan fingerprint density at radius 3 is 2.31 bits per heavy atom. The summed E-state index contributed by atoms with van der Waals surface area (Å²) in [6, 6.07) is 20.9. The molecule has 1 N–H and O–H groups in total. The number of rotatable bonds is 8. The molecular formula is C28H26N2O5. The summed E-state index contributed by atoms with van der Waals surface area (Å²) >= 11 is 0. The molecule has 1 heterocycles. The van der Waals surface area contributed by atoms with Gasteiger partial charge in [0.15, 0.2) is 0 Å². The molecule has 0 bridgehead atoms. The van der Waals surface area contributed by atoms with E-state index in [9.17, 15) is 14.4 Å². The molecule has 0 saturated carbocycles. The SMILES string of the molecule is CCCOc1ccccc1/C=C1\C(=O)NC(=O)N(c2ccc(OCc3ccc(C)cc3)cc2)C1=O. The third-order valence-electron chi connectivity index (χ3n) is 5.40. The number of carbonyl (C=O) groups excluding carboxylic acids is 3. The fraction of sp³-hybridized carbons (Fsp3) is 0.179. The monoisotopic (exact) mass is 470 g/mol. The summed E-state index contributed by atoms with van der Waals surface area (Å²) in [4.78, 5) is 39.2. The van der Waals surface area contributed by atoms with Gasteiger partial charge in [-0.1, -0.05) is 55.0 Å². The lowest BCUT2D eigenvalue weighted by Gasteiger charge is -2.26. The molecule has 3 aromatic carbocycles. The van der Waals surface area contributed by atoms with Gasteiger partial charge in [-0.25, -0.2) is 9.69 Å². The maximum atomic E-state index is 13.2. The molecule has 7 nitrogen and oxygen atoms in total. The van der Waals surface area contributed by atoms with Crippen LogP contribution in [-0.4, -0.2) is 24.5 Å². The number of ether oxygens (including phenoxy) is 2. The number of anilines is 1. The topological polar surface area (TPSA) is 84.9 Å². The maximum Gasteiger partial charge on any atom is 0.335 e. The molecule has 0 spiro atoms. The van der Waals surface area contributed by atoms with Crippen molar-refractivity contribution in [2.45, 2.75) is 26.9 Å². The number of hydrogen-bond acceptors (Lipinski definition) is 5. The first-order valence-electron chi connectivity index (χ1n) is 11.4. The van der Waals surface area contributed by atoms with Crippen LogP contribution in [0.4, 0.5) is 10.5 Å². The molecule has 3 aromatic rings. The van der Waals surface area contributed by atoms with Gasteiger partial charge in [-0.05, 0) is 55.3 Å². The summed E-state index contributed by atoms with van der Waals surface area (Å²) in [6.07, 6.45) is 2.26. The highest BCUT2D eigenvalue weighted by atomic mass is 16.5. The first-order chi connectivity index (χ1) is 17.0. The van der Waals surface area contributed by atoms with Crippen molar-refractivity contribution in [3.8, 4) is 11.5 Å². The zero-order chi connectivity index (χ0) is 24.8. The van der Waals surface area contributed by atoms with E-state index in [4.69, 9.17) is 9.47 Å². The van der Waals surface area contributed by atoms with Crippen LogP contribution in [0.25, 0.3) is 6.08 Å². The van der Waals surface area contributed by atoms with E-state index in [1.165, 1.54) is 11.6 Å². The molecule has 1 aliphatic heterocycles. The Morgan fingerprint density at radius 2 is 1.60 bits per heavy atom. The molecule has 4 rings (SSSR count). The van der Waals surface area contributed by atoms with Crippen LogP contribution in [0.5, 0.6) is 11.5 Å². The van der Waals surface area contributed by atoms with Crippen molar-refractivity contribution in [2.75, 3.05) is 11.5 Å². The summed E-state index contributed by atoms with van der Waals surface area (Å²) in [5.74, 6) is -0.314. The number of aryl methyl sites for hydroxylation is 1. The van der Waals surface area contributed by atoms with Crippen molar-refractivity contribution in [3.05, 3.63) is 95.1 Å². The predicted molar refractivity (Wildman–Crippen MR) is 133 cm³/mol. The molecule has 7 heteroatoms. The normalized spacial score (nSPS) is 14.7. The zero-order valence-electron chi connectivity index (χ0n) is 19.6. The van der Waals surface area contributed by atoms with Gasteiger partial charge in [0.25, 0.3) is 11.8 Å². The van der Waals surface area contributed by atoms with Gasteiger partial charge in [0.05, 0.1) is 12.3 Å². The fourth-order valence-electron chi connectivity index (χ4n) is 3.53. The van der Waals surface area contributed by atoms with Crippen molar-refractivity contribution < 1.29 is 23.9 Å². The standard InChI is InChI=1S/C28H26N2O5/c1-3-16-34-25-7-5-4-6-21(25)17-24-26(31)29-28(33)30(27(24)32)22-12-14-23(15-13-22)35-18-20-10-8-19(2)9-11-20/h4-15,17H,3,16,18H2,1-2H3,(H,29,31,33)/b24-17+. The molecule has 1 aliphatic rings. The maximum absolute atomic E-state index is 13.2. The third kappa shape index (κ3) is 5.58. The lowest BCUT2D eigenvalue weighted by atomic mass is 10.1. The summed E-state index contributed by atoms with van der Waals surface area (Å²) in [6.45, 7) is 4.91. The highest BCUT2D eigenvalue weighted by Crippen LogP contribution is 2.27. The average molecular weight is 471 g/mol. The van der Waals surface area contributed by atoms with E-state index < -0.39 is 17.8 Å². The van der Waals surface area contributed by atoms with E-state index in [1.807, 2.05) is 44.2 Å². The van der Waals surface area contributed by atoms with Gasteiger partial charge in [0.2, 0.25) is 0 Å². The van der Waals surface area contributed by atoms with Gasteiger partial charge in [-0.2, -0.15) is 0 Å². The molecule has 0 aromatic heterocycles. The van der Waals surface area contributed by atoms with Gasteiger partial charge >= 0.3 is 6.03 Å². The van der Waals surface area contributed by atoms with Gasteiger partial charge in [-0.3, -0.25) is 14.9 Å². The number of benzene rings is 3. The fourth-order valence-corrected chi connectivity index (χ4v) is 3.53. The van der Waals surface area contributed by atoms with Gasteiger partial charge in [0.1, 0.15) is 23.7 Å². The predicted octanol–water partition coefficient (Wildman–Crippen LogP) is 5.03. The van der Waals surface area contributed by atoms with Crippen molar-refractivity contribution in [1.82, 2.24) is 5.32 Å². The van der Waals surface area contributed by atoms with Crippen LogP contribution in [0.2, 0.25) is 0 Å². The molecule has 1 saturated heterocycles. The van der Waals surface area contributed by atoms with Gasteiger partial charge in [0, 0.05) is 5.56 Å². The minimum Gasteiger partial charge on any atom is -0.493 e. The average Bonchev–Trinajstić information content (AvgIpc) is 2.86. The number of nitrogens with one attached hydrogen (secondary N) is 1. The molecule has 1 fully saturated rings. The lowest BCUT2D eigenvalue weighted by Crippen LogP contribution is -2.54. The van der Waals surface area contributed by atoms with Gasteiger partial charge < -0.3 is 9.47 Å². The Hall–Kier alpha value is -4.39. The molecular weight excluding hydrogens is 444 g/mol. The summed E-state index contributed by atoms with van der Waals surface area (Å²) in [5, 5.41) is 2.24. The van der Waals surface area contributed by atoms with Crippen molar-refractivity contribution in [2.24, 2.45) is 0 Å². The van der Waals surface area contributed by atoms with E-state index in [-0.39, 0.29) is 5.57 Å². The van der Waals surface area contributed by atoms with Crippen molar-refractivity contribution >= 4 is 29.6 Å². The molecule has 0 radical (unpaired) electrons. The van der Waals surface area contributed by atoms with Gasteiger partial charge in [-0.15, -0.1) is 0 Å². The molecule has 0 unspecified atom stereocenters. The molecule has 4 amide bonds. The Morgan fingerprint density at radius 1 is 0.886 bits per heavy atom. The smallest absolute Gasteiger partial charge is 0.335 e.